The molecule has 0 aliphatic carbocycles. The molecule has 0 amide bonds. The fraction of sp³-hybridized carbons (Fsp3) is 0.556. The normalized spacial score (nSPS) is 11.7. The zero-order valence-corrected chi connectivity index (χ0v) is 10.2. The number of hydrogen-bond donors (Lipinski definition) is 1. The van der Waals surface area contributed by atoms with Crippen molar-refractivity contribution in [1.29, 1.82) is 0 Å². The summed E-state index contributed by atoms with van der Waals surface area (Å²) in [5.74, 6) is -1.20. The Balaban J connectivity index is 3.47. The Morgan fingerprint density at radius 3 is 2.44 bits per heavy atom. The van der Waals surface area contributed by atoms with E-state index < -0.39 is 15.8 Å². The van der Waals surface area contributed by atoms with Crippen LogP contribution in [0.15, 0.2) is 5.16 Å². The number of carbonyl (C=O) groups is 1. The Morgan fingerprint density at radius 2 is 2.06 bits per heavy atom. The average Bonchev–Trinajstić information content (AvgIpc) is 2.44. The average molecular weight is 246 g/mol. The molecule has 0 atom stereocenters. The topological polar surface area (TPSA) is 89.3 Å². The van der Waals surface area contributed by atoms with Crippen LogP contribution in [0.2, 0.25) is 0 Å². The molecule has 0 aromatic carbocycles. The predicted molar refractivity (Wildman–Crippen MR) is 57.3 cm³/mol. The first-order valence-electron chi connectivity index (χ1n) is 4.78. The maximum absolute atomic E-state index is 11.4. The third-order valence-electron chi connectivity index (χ3n) is 2.19. The third kappa shape index (κ3) is 2.24. The van der Waals surface area contributed by atoms with Crippen LogP contribution in [0.1, 0.15) is 29.5 Å². The van der Waals surface area contributed by atoms with Crippen LogP contribution in [0, 0.1) is 0 Å². The molecular weight excluding hydrogens is 232 g/mol. The van der Waals surface area contributed by atoms with Crippen molar-refractivity contribution in [2.24, 2.45) is 7.05 Å². The van der Waals surface area contributed by atoms with Gasteiger partial charge < -0.3 is 9.67 Å². The van der Waals surface area contributed by atoms with E-state index in [-0.39, 0.29) is 10.9 Å². The molecule has 6 nitrogen and oxygen atoms in total. The van der Waals surface area contributed by atoms with Crippen LogP contribution in [0.3, 0.4) is 0 Å². The number of aromatic carboxylic acids is 1. The van der Waals surface area contributed by atoms with Crippen molar-refractivity contribution in [3.63, 3.8) is 0 Å². The standard InChI is InChI=1S/C9H14N2O4S/c1-4-5-6-7(8(12)13)10-9(11(6)2)16(3,14)15/h4-5H2,1-3H3,(H,12,13). The van der Waals surface area contributed by atoms with Crippen LogP contribution in [-0.4, -0.2) is 35.3 Å². The molecule has 0 spiro atoms. The summed E-state index contributed by atoms with van der Waals surface area (Å²) in [7, 11) is -1.98. The molecule has 0 radical (unpaired) electrons. The van der Waals surface area contributed by atoms with E-state index in [0.717, 1.165) is 12.7 Å². The second-order valence-corrected chi connectivity index (χ2v) is 5.49. The SMILES string of the molecule is CCCc1c(C(=O)O)nc(S(C)(=O)=O)n1C. The van der Waals surface area contributed by atoms with Crippen molar-refractivity contribution >= 4 is 15.8 Å². The Labute approximate surface area is 93.8 Å². The summed E-state index contributed by atoms with van der Waals surface area (Å²) in [5, 5.41) is 8.72. The number of hydrogen-bond acceptors (Lipinski definition) is 4. The molecule has 1 heterocycles. The number of aromatic nitrogens is 2. The van der Waals surface area contributed by atoms with Crippen LogP contribution >= 0.6 is 0 Å². The number of nitrogens with zero attached hydrogens (tertiary/aromatic N) is 2. The van der Waals surface area contributed by atoms with Gasteiger partial charge in [0, 0.05) is 13.3 Å². The van der Waals surface area contributed by atoms with Gasteiger partial charge in [-0.3, -0.25) is 0 Å². The van der Waals surface area contributed by atoms with Gasteiger partial charge in [0.1, 0.15) is 0 Å². The van der Waals surface area contributed by atoms with E-state index in [4.69, 9.17) is 5.11 Å². The molecule has 7 heteroatoms. The summed E-state index contributed by atoms with van der Waals surface area (Å²) in [4.78, 5) is 14.6. The van der Waals surface area contributed by atoms with Crippen LogP contribution in [0.25, 0.3) is 0 Å². The van der Waals surface area contributed by atoms with Gasteiger partial charge in [-0.15, -0.1) is 0 Å². The van der Waals surface area contributed by atoms with Gasteiger partial charge in [-0.05, 0) is 6.42 Å². The number of rotatable bonds is 4. The van der Waals surface area contributed by atoms with Crippen molar-refractivity contribution < 1.29 is 18.3 Å². The van der Waals surface area contributed by atoms with Crippen LogP contribution in [-0.2, 0) is 23.3 Å². The summed E-state index contributed by atoms with van der Waals surface area (Å²) in [5.41, 5.74) is 0.264. The highest BCUT2D eigenvalue weighted by atomic mass is 32.2. The third-order valence-corrected chi connectivity index (χ3v) is 3.22. The number of imidazole rings is 1. The highest BCUT2D eigenvalue weighted by Gasteiger charge is 2.24. The number of carboxylic acids is 1. The smallest absolute Gasteiger partial charge is 0.356 e. The Hall–Kier alpha value is -1.37. The lowest BCUT2D eigenvalue weighted by Crippen LogP contribution is -2.08. The van der Waals surface area contributed by atoms with E-state index in [2.05, 4.69) is 4.98 Å². The maximum atomic E-state index is 11.4. The van der Waals surface area contributed by atoms with Gasteiger partial charge in [-0.1, -0.05) is 13.3 Å². The molecule has 0 saturated carbocycles. The summed E-state index contributed by atoms with van der Waals surface area (Å²) >= 11 is 0. The molecule has 0 bridgehead atoms. The van der Waals surface area contributed by atoms with Gasteiger partial charge in [0.15, 0.2) is 5.69 Å². The van der Waals surface area contributed by atoms with E-state index in [1.807, 2.05) is 6.92 Å². The maximum Gasteiger partial charge on any atom is 0.356 e. The van der Waals surface area contributed by atoms with Crippen LogP contribution in [0.5, 0.6) is 0 Å². The van der Waals surface area contributed by atoms with E-state index in [0.29, 0.717) is 12.1 Å². The first-order chi connectivity index (χ1) is 7.29. The van der Waals surface area contributed by atoms with E-state index in [9.17, 15) is 13.2 Å². The lowest BCUT2D eigenvalue weighted by molar-refractivity contribution is 0.0689. The van der Waals surface area contributed by atoms with E-state index in [1.54, 1.807) is 0 Å². The molecule has 0 aliphatic heterocycles. The van der Waals surface area contributed by atoms with E-state index >= 15 is 0 Å². The monoisotopic (exact) mass is 246 g/mol. The minimum Gasteiger partial charge on any atom is -0.476 e. The molecule has 0 aliphatic rings. The largest absolute Gasteiger partial charge is 0.476 e. The summed E-state index contributed by atoms with van der Waals surface area (Å²) < 4.78 is 24.1. The molecular formula is C9H14N2O4S. The summed E-state index contributed by atoms with van der Waals surface area (Å²) in [6, 6.07) is 0. The van der Waals surface area contributed by atoms with Crippen molar-refractivity contribution in [2.45, 2.75) is 24.9 Å². The quantitative estimate of drug-likeness (QED) is 0.834. The predicted octanol–water partition coefficient (Wildman–Crippen LogP) is 0.474. The van der Waals surface area contributed by atoms with Gasteiger partial charge in [0.25, 0.3) is 0 Å². The molecule has 1 rings (SSSR count). The fourth-order valence-electron chi connectivity index (χ4n) is 1.54. The van der Waals surface area contributed by atoms with Gasteiger partial charge in [-0.2, -0.15) is 0 Å². The molecule has 1 aromatic rings. The molecule has 90 valence electrons. The second kappa shape index (κ2) is 4.25. The molecule has 1 aromatic heterocycles. The molecule has 0 saturated heterocycles. The fourth-order valence-corrected chi connectivity index (χ4v) is 2.40. The molecule has 16 heavy (non-hydrogen) atoms. The van der Waals surface area contributed by atoms with E-state index in [1.165, 1.54) is 11.6 Å². The first-order valence-corrected chi connectivity index (χ1v) is 6.67. The lowest BCUT2D eigenvalue weighted by Gasteiger charge is -2.03. The number of carboxylic acid groups (broad SMARTS) is 1. The Kier molecular flexibility index (Phi) is 3.37. The van der Waals surface area contributed by atoms with Gasteiger partial charge in [0.2, 0.25) is 15.0 Å². The Bertz CT molecular complexity index is 516. The molecule has 1 N–H and O–H groups in total. The highest BCUT2D eigenvalue weighted by molar-refractivity contribution is 7.90. The lowest BCUT2D eigenvalue weighted by atomic mass is 10.2. The molecule has 0 fully saturated rings. The van der Waals surface area contributed by atoms with Crippen LogP contribution < -0.4 is 0 Å². The minimum atomic E-state index is -3.50. The van der Waals surface area contributed by atoms with Gasteiger partial charge in [0.05, 0.1) is 5.69 Å². The van der Waals surface area contributed by atoms with Crippen LogP contribution in [0.4, 0.5) is 0 Å². The highest BCUT2D eigenvalue weighted by Crippen LogP contribution is 2.16. The summed E-state index contributed by atoms with van der Waals surface area (Å²) in [6.07, 6.45) is 2.22. The first kappa shape index (κ1) is 12.7. The second-order valence-electron chi connectivity index (χ2n) is 3.58. The van der Waals surface area contributed by atoms with Crippen molar-refractivity contribution in [3.05, 3.63) is 11.4 Å². The minimum absolute atomic E-state index is 0.176. The zero-order chi connectivity index (χ0) is 12.5. The summed E-state index contributed by atoms with van der Waals surface area (Å²) in [6.45, 7) is 1.89. The number of sulfone groups is 1. The van der Waals surface area contributed by atoms with Gasteiger partial charge >= 0.3 is 5.97 Å². The van der Waals surface area contributed by atoms with Crippen molar-refractivity contribution in [1.82, 2.24) is 9.55 Å². The van der Waals surface area contributed by atoms with Gasteiger partial charge in [-0.25, -0.2) is 18.2 Å². The Morgan fingerprint density at radius 1 is 1.50 bits per heavy atom. The molecule has 0 unspecified atom stereocenters. The van der Waals surface area contributed by atoms with Crippen molar-refractivity contribution in [3.8, 4) is 0 Å². The van der Waals surface area contributed by atoms with Crippen molar-refractivity contribution in [2.75, 3.05) is 6.26 Å². The zero-order valence-electron chi connectivity index (χ0n) is 9.39.